The molecule has 3 heterocycles. The van der Waals surface area contributed by atoms with Gasteiger partial charge in [-0.3, -0.25) is 24.1 Å². The Balaban J connectivity index is 0.00000500. The van der Waals surface area contributed by atoms with Gasteiger partial charge in [-0.2, -0.15) is 0 Å². The number of Topliss-reactive ketones (excluding diaryl/α,β-unsaturated/α-hetero) is 1. The van der Waals surface area contributed by atoms with Crippen molar-refractivity contribution >= 4 is 35.1 Å². The van der Waals surface area contributed by atoms with E-state index >= 15 is 0 Å². The number of carbonyl (C=O) groups excluding carboxylic acids is 4. The Bertz CT molecular complexity index is 1670. The first kappa shape index (κ1) is 35.5. The number of nitrogens with zero attached hydrogens (tertiary/aromatic N) is 4. The number of hydrogen-bond acceptors (Lipinski definition) is 6. The van der Waals surface area contributed by atoms with E-state index in [-0.39, 0.29) is 67.2 Å². The van der Waals surface area contributed by atoms with E-state index in [0.717, 1.165) is 5.56 Å². The lowest BCUT2D eigenvalue weighted by Gasteiger charge is -2.44. The molecule has 11 heteroatoms. The predicted octanol–water partition coefficient (Wildman–Crippen LogP) is 0.327. The maximum Gasteiger partial charge on any atom is 0.259 e. The van der Waals surface area contributed by atoms with Gasteiger partial charge in [-0.05, 0) is 30.9 Å². The number of nitrogens with one attached hydrogen (secondary N) is 1. The van der Waals surface area contributed by atoms with Crippen LogP contribution < -0.4 is 33.9 Å². The third-order valence-electron chi connectivity index (χ3n) is 7.99. The van der Waals surface area contributed by atoms with Crippen LogP contribution in [0.15, 0.2) is 96.4 Å². The molecule has 0 radical (unpaired) electrons. The summed E-state index contributed by atoms with van der Waals surface area (Å²) in [4.78, 5) is 63.0. The molecule has 0 bridgehead atoms. The van der Waals surface area contributed by atoms with Crippen molar-refractivity contribution in [3.8, 4) is 0 Å². The van der Waals surface area contributed by atoms with Gasteiger partial charge < -0.3 is 38.9 Å². The van der Waals surface area contributed by atoms with Crippen LogP contribution in [0, 0.1) is 5.92 Å². The molecule has 1 aromatic heterocycles. The van der Waals surface area contributed by atoms with E-state index in [4.69, 9.17) is 4.74 Å². The van der Waals surface area contributed by atoms with E-state index in [1.54, 1.807) is 30.7 Å². The average molecular weight is 750 g/mol. The van der Waals surface area contributed by atoms with Crippen molar-refractivity contribution in [2.45, 2.75) is 51.7 Å². The Morgan fingerprint density at radius 3 is 2.19 bits per heavy atom. The number of amides is 3. The van der Waals surface area contributed by atoms with Gasteiger partial charge in [0.1, 0.15) is 25.7 Å². The Labute approximate surface area is 292 Å². The number of aliphatic imine (C=N–C) groups is 1. The van der Waals surface area contributed by atoms with E-state index < -0.39 is 29.3 Å². The smallest absolute Gasteiger partial charge is 0.259 e. The molecule has 10 nitrogen and oxygen atoms in total. The fourth-order valence-corrected chi connectivity index (χ4v) is 5.61. The first-order chi connectivity index (χ1) is 21.9. The molecule has 0 fully saturated rings. The van der Waals surface area contributed by atoms with Crippen molar-refractivity contribution in [2.75, 3.05) is 13.2 Å². The topological polar surface area (TPSA) is 112 Å². The lowest BCUT2D eigenvalue weighted by Crippen LogP contribution is -3.00. The molecule has 2 aliphatic rings. The lowest BCUT2D eigenvalue weighted by atomic mass is 9.93. The highest BCUT2D eigenvalue weighted by Crippen LogP contribution is 2.33. The van der Waals surface area contributed by atoms with Gasteiger partial charge in [0, 0.05) is 24.8 Å². The minimum absolute atomic E-state index is 0. The van der Waals surface area contributed by atoms with Crippen LogP contribution in [0.2, 0.25) is 0 Å². The van der Waals surface area contributed by atoms with Gasteiger partial charge in [-0.1, -0.05) is 74.5 Å². The van der Waals surface area contributed by atoms with Gasteiger partial charge in [-0.15, -0.1) is 0 Å². The summed E-state index contributed by atoms with van der Waals surface area (Å²) < 4.78 is 7.31. The second-order valence-electron chi connectivity index (χ2n) is 12.6. The molecule has 2 atom stereocenters. The highest BCUT2D eigenvalue weighted by Gasteiger charge is 2.45. The zero-order chi connectivity index (χ0) is 33.0. The summed E-state index contributed by atoms with van der Waals surface area (Å²) in [6.07, 6.45) is 5.41. The van der Waals surface area contributed by atoms with Gasteiger partial charge in [0.2, 0.25) is 11.7 Å². The first-order valence-corrected chi connectivity index (χ1v) is 15.4. The van der Waals surface area contributed by atoms with Crippen LogP contribution in [0.1, 0.15) is 49.2 Å². The molecule has 3 amide bonds. The van der Waals surface area contributed by atoms with Gasteiger partial charge in [0.05, 0.1) is 23.3 Å². The van der Waals surface area contributed by atoms with Crippen molar-refractivity contribution in [2.24, 2.45) is 18.0 Å². The molecular formula is C36H40IN5O5. The minimum Gasteiger partial charge on any atom is -1.00 e. The number of ether oxygens (including phenoxy) is 1. The average Bonchev–Trinajstić information content (AvgIpc) is 3.42. The third-order valence-corrected chi connectivity index (χ3v) is 7.99. The molecule has 0 saturated heterocycles. The summed E-state index contributed by atoms with van der Waals surface area (Å²) in [6.45, 7) is 7.41. The molecule has 0 saturated carbocycles. The number of carbonyl (C=O) groups is 4. The summed E-state index contributed by atoms with van der Waals surface area (Å²) in [6, 6.07) is 20.1. The first-order valence-electron chi connectivity index (χ1n) is 15.4. The maximum atomic E-state index is 14.7. The second kappa shape index (κ2) is 15.0. The molecule has 1 N–H and O–H groups in total. The minimum atomic E-state index is -1.04. The van der Waals surface area contributed by atoms with E-state index in [2.05, 4.69) is 10.3 Å². The SMILES string of the molecule is CC(C)[C@@H]1C(=O)N([C@@H](Cc2ccccc2)C(=O)NCC(=O)C2=NC(C)(C)CO2)C(c2ccccc2)=CN1C(=O)c1cc[n+](C)cc1.[I-]. The largest absolute Gasteiger partial charge is 1.00 e. The molecule has 0 spiro atoms. The van der Waals surface area contributed by atoms with E-state index in [0.29, 0.717) is 16.8 Å². The molecule has 2 aliphatic heterocycles. The summed E-state index contributed by atoms with van der Waals surface area (Å²) in [5.41, 5.74) is 1.81. The molecule has 47 heavy (non-hydrogen) atoms. The molecule has 246 valence electrons. The standard InChI is InChI=1S/C36H39N5O5.HI/c1-24(2)31-35(45)41(29(26-14-10-7-11-15-26)22-40(31)34(44)27-16-18-39(5)19-17-27)28(20-25-12-8-6-9-13-25)32(43)37-21-30(42)33-38-36(3,4)23-46-33;/h6-19,22,24,28,31H,20-21,23H2,1-5H3;1H/t28-,31+;/m0./s1. The molecule has 0 unspecified atom stereocenters. The van der Waals surface area contributed by atoms with Crippen molar-refractivity contribution < 1.29 is 52.5 Å². The zero-order valence-electron chi connectivity index (χ0n) is 27.2. The Morgan fingerprint density at radius 2 is 1.62 bits per heavy atom. The van der Waals surface area contributed by atoms with Crippen LogP contribution in [0.25, 0.3) is 5.70 Å². The molecule has 0 aliphatic carbocycles. The van der Waals surface area contributed by atoms with Crippen molar-refractivity contribution in [1.29, 1.82) is 0 Å². The zero-order valence-corrected chi connectivity index (χ0v) is 29.4. The van der Waals surface area contributed by atoms with Gasteiger partial charge in [-0.25, -0.2) is 9.56 Å². The van der Waals surface area contributed by atoms with Gasteiger partial charge in [0.15, 0.2) is 12.4 Å². The number of ketones is 1. The van der Waals surface area contributed by atoms with E-state index in [1.165, 1.54) is 9.80 Å². The molecular weight excluding hydrogens is 709 g/mol. The van der Waals surface area contributed by atoms with Crippen molar-refractivity contribution in [3.05, 3.63) is 108 Å². The van der Waals surface area contributed by atoms with Crippen LogP contribution in [-0.4, -0.2) is 70.0 Å². The molecule has 3 aromatic rings. The highest BCUT2D eigenvalue weighted by atomic mass is 127. The number of rotatable bonds is 10. The highest BCUT2D eigenvalue weighted by molar-refractivity contribution is 6.37. The van der Waals surface area contributed by atoms with Gasteiger partial charge in [0.25, 0.3) is 17.7 Å². The Hall–Kier alpha value is -4.39. The molecule has 5 rings (SSSR count). The number of aryl methyl sites for hydroxylation is 1. The number of hydrogen-bond donors (Lipinski definition) is 1. The number of benzene rings is 2. The van der Waals surface area contributed by atoms with E-state index in [9.17, 15) is 19.2 Å². The number of aromatic nitrogens is 1. The van der Waals surface area contributed by atoms with E-state index in [1.807, 2.05) is 100.0 Å². The van der Waals surface area contributed by atoms with Gasteiger partial charge >= 0.3 is 0 Å². The Morgan fingerprint density at radius 1 is 1.00 bits per heavy atom. The number of halogens is 1. The van der Waals surface area contributed by atoms with Crippen LogP contribution in [0.4, 0.5) is 0 Å². The Kier molecular flexibility index (Phi) is 11.3. The summed E-state index contributed by atoms with van der Waals surface area (Å²) in [5.74, 6) is -1.98. The third kappa shape index (κ3) is 8.13. The molecule has 2 aromatic carbocycles. The number of pyridine rings is 1. The van der Waals surface area contributed by atoms with Crippen LogP contribution in [0.3, 0.4) is 0 Å². The van der Waals surface area contributed by atoms with Crippen LogP contribution in [-0.2, 0) is 32.6 Å². The van der Waals surface area contributed by atoms with Crippen LogP contribution >= 0.6 is 0 Å². The quantitative estimate of drug-likeness (QED) is 0.238. The predicted molar refractivity (Wildman–Crippen MR) is 173 cm³/mol. The fourth-order valence-electron chi connectivity index (χ4n) is 5.61. The summed E-state index contributed by atoms with van der Waals surface area (Å²) >= 11 is 0. The summed E-state index contributed by atoms with van der Waals surface area (Å²) in [5, 5.41) is 2.75. The maximum absolute atomic E-state index is 14.7. The lowest BCUT2D eigenvalue weighted by molar-refractivity contribution is -0.671. The van der Waals surface area contributed by atoms with Crippen LogP contribution in [0.5, 0.6) is 0 Å². The summed E-state index contributed by atoms with van der Waals surface area (Å²) in [7, 11) is 1.86. The fraction of sp³-hybridized carbons (Fsp3) is 0.333. The normalized spacial score (nSPS) is 17.7. The monoisotopic (exact) mass is 749 g/mol. The van der Waals surface area contributed by atoms with Crippen molar-refractivity contribution in [3.63, 3.8) is 0 Å². The van der Waals surface area contributed by atoms with Crippen molar-refractivity contribution in [1.82, 2.24) is 15.1 Å². The second-order valence-corrected chi connectivity index (χ2v) is 12.6.